The van der Waals surface area contributed by atoms with Gasteiger partial charge in [-0.2, -0.15) is 4.57 Å². The molecule has 4 heteroatoms. The number of nitrogens with zero attached hydrogens (tertiary/aromatic N) is 4. The highest BCUT2D eigenvalue weighted by Crippen LogP contribution is 2.47. The van der Waals surface area contributed by atoms with Gasteiger partial charge in [0.25, 0.3) is 0 Å². The number of imidazole rings is 1. The zero-order chi connectivity index (χ0) is 42.5. The lowest BCUT2D eigenvalue weighted by atomic mass is 9.65. The van der Waals surface area contributed by atoms with Gasteiger partial charge in [0.15, 0.2) is 11.0 Å². The van der Waals surface area contributed by atoms with Crippen LogP contribution in [0.2, 0.25) is 0 Å². The van der Waals surface area contributed by atoms with Crippen molar-refractivity contribution in [2.24, 2.45) is 6.98 Å². The minimum atomic E-state index is -2.35. The van der Waals surface area contributed by atoms with Crippen LogP contribution in [0.15, 0.2) is 231 Å². The van der Waals surface area contributed by atoms with Crippen molar-refractivity contribution in [3.05, 3.63) is 253 Å². The molecule has 0 aliphatic heterocycles. The van der Waals surface area contributed by atoms with Crippen LogP contribution in [0.1, 0.15) is 26.4 Å². The summed E-state index contributed by atoms with van der Waals surface area (Å²) in [4.78, 5) is 5.08. The summed E-state index contributed by atoms with van der Waals surface area (Å²) in [5.41, 5.74) is 12.5. The second-order valence-corrected chi connectivity index (χ2v) is 15.3. The highest BCUT2D eigenvalue weighted by Gasteiger charge is 2.39. The van der Waals surface area contributed by atoms with Gasteiger partial charge in [0, 0.05) is 17.0 Å². The predicted molar refractivity (Wildman–Crippen MR) is 246 cm³/mol. The summed E-state index contributed by atoms with van der Waals surface area (Å²) in [6, 6.07) is 76.5. The summed E-state index contributed by atoms with van der Waals surface area (Å²) in [5, 5.41) is 2.27. The van der Waals surface area contributed by atoms with E-state index in [1.54, 1.807) is 6.33 Å². The smallest absolute Gasteiger partial charge is 0.249 e. The van der Waals surface area contributed by atoms with Crippen molar-refractivity contribution < 1.29 is 8.68 Å². The fourth-order valence-corrected chi connectivity index (χ4v) is 9.35. The fraction of sp³-hybridized carbons (Fsp3) is 0.0357. The summed E-state index contributed by atoms with van der Waals surface area (Å²) in [6.45, 7) is -2.35. The number of hydrogen-bond donors (Lipinski definition) is 0. The average Bonchev–Trinajstić information content (AvgIpc) is 3.90. The van der Waals surface area contributed by atoms with Crippen LogP contribution in [-0.2, 0) is 12.4 Å². The Hall–Kier alpha value is -7.82. The van der Waals surface area contributed by atoms with Crippen LogP contribution in [0, 0.1) is 0 Å². The first-order valence-corrected chi connectivity index (χ1v) is 20.3. The summed E-state index contributed by atoms with van der Waals surface area (Å²) in [6.07, 6.45) is 3.62. The second kappa shape index (κ2) is 14.5. The Kier molecular flexibility index (Phi) is 7.79. The molecular weight excluding hydrogens is 729 g/mol. The van der Waals surface area contributed by atoms with Gasteiger partial charge in [-0.3, -0.25) is 4.57 Å². The molecule has 3 heterocycles. The van der Waals surface area contributed by atoms with Gasteiger partial charge in [0.2, 0.25) is 6.33 Å². The molecule has 0 spiro atoms. The number of hydrogen-bond acceptors (Lipinski definition) is 1. The first-order chi connectivity index (χ1) is 30.9. The predicted octanol–water partition coefficient (Wildman–Crippen LogP) is 12.7. The molecule has 0 bridgehead atoms. The Bertz CT molecular complexity index is 3400. The first-order valence-electron chi connectivity index (χ1n) is 21.8. The lowest BCUT2D eigenvalue weighted by molar-refractivity contribution is -0.645. The van der Waals surface area contributed by atoms with Gasteiger partial charge in [0.1, 0.15) is 11.5 Å². The third kappa shape index (κ3) is 5.68. The van der Waals surface area contributed by atoms with Crippen molar-refractivity contribution in [1.82, 2.24) is 14.1 Å². The van der Waals surface area contributed by atoms with E-state index in [1.165, 1.54) is 10.1 Å². The summed E-state index contributed by atoms with van der Waals surface area (Å²) >= 11 is 0. The van der Waals surface area contributed by atoms with Gasteiger partial charge in [-0.1, -0.05) is 170 Å². The molecular formula is C56H41N4+. The fourth-order valence-electron chi connectivity index (χ4n) is 9.35. The van der Waals surface area contributed by atoms with E-state index in [0.717, 1.165) is 77.8 Å². The second-order valence-electron chi connectivity index (χ2n) is 15.3. The van der Waals surface area contributed by atoms with Crippen LogP contribution in [0.4, 0.5) is 0 Å². The third-order valence-corrected chi connectivity index (χ3v) is 12.0. The molecule has 0 saturated carbocycles. The minimum Gasteiger partial charge on any atom is -0.294 e. The molecule has 11 aromatic rings. The van der Waals surface area contributed by atoms with E-state index in [9.17, 15) is 0 Å². The van der Waals surface area contributed by atoms with E-state index in [-0.39, 0.29) is 0 Å². The van der Waals surface area contributed by atoms with Crippen molar-refractivity contribution >= 4 is 32.8 Å². The summed E-state index contributed by atoms with van der Waals surface area (Å²) in [7, 11) is 0. The quantitative estimate of drug-likeness (QED) is 0.112. The Morgan fingerprint density at radius 3 is 1.82 bits per heavy atom. The molecule has 0 radical (unpaired) electrons. The molecule has 0 atom stereocenters. The van der Waals surface area contributed by atoms with Crippen LogP contribution in [-0.4, -0.2) is 14.1 Å². The molecule has 0 saturated heterocycles. The highest BCUT2D eigenvalue weighted by molar-refractivity contribution is 6.09. The Labute approximate surface area is 353 Å². The Morgan fingerprint density at radius 2 is 1.07 bits per heavy atom. The molecule has 284 valence electrons. The van der Waals surface area contributed by atoms with E-state index in [2.05, 4.69) is 199 Å². The molecule has 4 nitrogen and oxygen atoms in total. The summed E-state index contributed by atoms with van der Waals surface area (Å²) in [5.74, 6) is 0.827. The lowest BCUT2D eigenvalue weighted by Gasteiger charge is -2.37. The SMILES string of the molecule is [2H]C([2H])([2H])[n+]1cn(-c2cccc(C(c3ccccc3)(c3ccccc3)c3ccc4c5ccccc5n(-c5cc(-c6ccccc6-c6ccccc6)ccn5)c4c3)c2)c2ccccc21. The molecule has 0 amide bonds. The number of pyridine rings is 1. The number of para-hydroxylation sites is 3. The van der Waals surface area contributed by atoms with E-state index >= 15 is 0 Å². The van der Waals surface area contributed by atoms with E-state index < -0.39 is 12.4 Å². The van der Waals surface area contributed by atoms with Crippen LogP contribution in [0.25, 0.3) is 66.6 Å². The minimum absolute atomic E-state index is 0.639. The molecule has 0 N–H and O–H groups in total. The molecule has 8 aromatic carbocycles. The monoisotopic (exact) mass is 772 g/mol. The van der Waals surface area contributed by atoms with Crippen molar-refractivity contribution in [2.45, 2.75) is 5.41 Å². The van der Waals surface area contributed by atoms with Gasteiger partial charge < -0.3 is 0 Å². The maximum absolute atomic E-state index is 8.37. The van der Waals surface area contributed by atoms with Crippen LogP contribution >= 0.6 is 0 Å². The van der Waals surface area contributed by atoms with Crippen molar-refractivity contribution in [1.29, 1.82) is 0 Å². The largest absolute Gasteiger partial charge is 0.294 e. The average molecular weight is 773 g/mol. The van der Waals surface area contributed by atoms with Crippen LogP contribution in [0.3, 0.4) is 0 Å². The Balaban J connectivity index is 1.17. The van der Waals surface area contributed by atoms with E-state index in [1.807, 2.05) is 35.0 Å². The first kappa shape index (κ1) is 32.2. The number of benzene rings is 8. The standard InChI is InChI=1S/C56H41N4/c1-58-39-59(53-31-16-15-30-52(53)58)46-25-17-24-44(37-46)56(42-20-7-3-8-21-42,43-22-9-4-10-23-43)45-32-33-50-49-28-13-14-29-51(49)60(54(50)38-45)55-36-41(34-35-57-55)48-27-12-11-26-47(48)40-18-5-2-6-19-40/h2-39H,1H3/q+1/i1D3. The normalized spacial score (nSPS) is 12.7. The molecule has 0 fully saturated rings. The molecule has 11 rings (SSSR count). The molecule has 0 aliphatic rings. The number of rotatable bonds is 8. The molecule has 60 heavy (non-hydrogen) atoms. The third-order valence-electron chi connectivity index (χ3n) is 12.0. The van der Waals surface area contributed by atoms with Gasteiger partial charge >= 0.3 is 0 Å². The van der Waals surface area contributed by atoms with Gasteiger partial charge in [-0.05, 0) is 93.0 Å². The number of aromatic nitrogens is 4. The molecule has 0 unspecified atom stereocenters. The maximum atomic E-state index is 8.37. The van der Waals surface area contributed by atoms with Crippen LogP contribution in [0.5, 0.6) is 0 Å². The number of aryl methyl sites for hydroxylation is 1. The topological polar surface area (TPSA) is 26.6 Å². The van der Waals surface area contributed by atoms with Gasteiger partial charge in [-0.15, -0.1) is 0 Å². The van der Waals surface area contributed by atoms with E-state index in [4.69, 9.17) is 9.10 Å². The van der Waals surface area contributed by atoms with Gasteiger partial charge in [0.05, 0.1) is 27.5 Å². The molecule has 0 aliphatic carbocycles. The van der Waals surface area contributed by atoms with E-state index in [0.29, 0.717) is 5.52 Å². The molecule has 3 aromatic heterocycles. The van der Waals surface area contributed by atoms with Crippen molar-refractivity contribution in [3.63, 3.8) is 0 Å². The summed E-state index contributed by atoms with van der Waals surface area (Å²) < 4.78 is 30.8. The lowest BCUT2D eigenvalue weighted by Crippen LogP contribution is -2.31. The van der Waals surface area contributed by atoms with Crippen LogP contribution < -0.4 is 4.57 Å². The van der Waals surface area contributed by atoms with Crippen molar-refractivity contribution in [2.75, 3.05) is 0 Å². The van der Waals surface area contributed by atoms with Gasteiger partial charge in [-0.25, -0.2) is 9.55 Å². The zero-order valence-electron chi connectivity index (χ0n) is 35.7. The highest BCUT2D eigenvalue weighted by atomic mass is 15.1. The Morgan fingerprint density at radius 1 is 0.467 bits per heavy atom. The van der Waals surface area contributed by atoms with Crippen molar-refractivity contribution in [3.8, 4) is 33.8 Å². The number of fused-ring (bicyclic) bond motifs is 4. The zero-order valence-corrected chi connectivity index (χ0v) is 32.7. The maximum Gasteiger partial charge on any atom is 0.249 e.